The molecule has 0 unspecified atom stereocenters. The number of ketones is 1. The zero-order valence-corrected chi connectivity index (χ0v) is 9.57. The third kappa shape index (κ3) is 2.23. The highest BCUT2D eigenvalue weighted by molar-refractivity contribution is 9.10. The van der Waals surface area contributed by atoms with Crippen molar-refractivity contribution in [2.75, 3.05) is 7.11 Å². The molecular weight excluding hydrogens is 255 g/mol. The van der Waals surface area contributed by atoms with Crippen molar-refractivity contribution in [3.8, 4) is 5.75 Å². The molecule has 1 aromatic carbocycles. The summed E-state index contributed by atoms with van der Waals surface area (Å²) < 4.78 is 5.74. The van der Waals surface area contributed by atoms with Gasteiger partial charge in [-0.3, -0.25) is 4.79 Å². The summed E-state index contributed by atoms with van der Waals surface area (Å²) in [5.41, 5.74) is 0.495. The second-order valence-corrected chi connectivity index (χ2v) is 3.78. The summed E-state index contributed by atoms with van der Waals surface area (Å²) in [6.07, 6.45) is 0. The number of carbonyl (C=O) groups is 1. The Morgan fingerprint density at radius 3 is 2.62 bits per heavy atom. The van der Waals surface area contributed by atoms with Gasteiger partial charge in [-0.05, 0) is 28.9 Å². The van der Waals surface area contributed by atoms with Crippen LogP contribution in [0.4, 0.5) is 0 Å². The van der Waals surface area contributed by atoms with E-state index >= 15 is 0 Å². The fraction of sp³-hybridized carbons (Fsp3) is 0.222. The van der Waals surface area contributed by atoms with E-state index < -0.39 is 0 Å². The molecule has 0 aliphatic heterocycles. The molecule has 0 spiro atoms. The van der Waals surface area contributed by atoms with Gasteiger partial charge in [0, 0.05) is 11.6 Å². The van der Waals surface area contributed by atoms with Crippen molar-refractivity contribution in [3.05, 3.63) is 27.2 Å². The molecule has 0 saturated heterocycles. The third-order valence-corrected chi connectivity index (χ3v) is 2.55. The predicted octanol–water partition coefficient (Wildman–Crippen LogP) is 3.31. The maximum atomic E-state index is 11.1. The van der Waals surface area contributed by atoms with Gasteiger partial charge in [-0.2, -0.15) is 0 Å². The van der Waals surface area contributed by atoms with Gasteiger partial charge >= 0.3 is 0 Å². The van der Waals surface area contributed by atoms with Gasteiger partial charge in [-0.25, -0.2) is 0 Å². The van der Waals surface area contributed by atoms with Crippen molar-refractivity contribution >= 4 is 33.3 Å². The zero-order chi connectivity index (χ0) is 10.0. The second kappa shape index (κ2) is 4.11. The first-order valence-corrected chi connectivity index (χ1v) is 4.77. The van der Waals surface area contributed by atoms with E-state index in [9.17, 15) is 4.79 Å². The van der Waals surface area contributed by atoms with Crippen LogP contribution in [0.25, 0.3) is 0 Å². The molecule has 2 nitrogen and oxygen atoms in total. The van der Waals surface area contributed by atoms with E-state index in [0.29, 0.717) is 16.3 Å². The lowest BCUT2D eigenvalue weighted by Crippen LogP contribution is -1.95. The molecule has 0 atom stereocenters. The van der Waals surface area contributed by atoms with Crippen LogP contribution in [-0.4, -0.2) is 12.9 Å². The van der Waals surface area contributed by atoms with Gasteiger partial charge in [0.1, 0.15) is 5.75 Å². The number of methoxy groups -OCH3 is 1. The Balaban J connectivity index is 3.28. The summed E-state index contributed by atoms with van der Waals surface area (Å²) in [4.78, 5) is 11.1. The summed E-state index contributed by atoms with van der Waals surface area (Å²) in [6.45, 7) is 1.47. The van der Waals surface area contributed by atoms with E-state index in [4.69, 9.17) is 16.3 Å². The Hall–Kier alpha value is -0.540. The van der Waals surface area contributed by atoms with Gasteiger partial charge in [-0.1, -0.05) is 11.6 Å². The number of ether oxygens (including phenoxy) is 1. The van der Waals surface area contributed by atoms with Gasteiger partial charge in [0.15, 0.2) is 5.78 Å². The van der Waals surface area contributed by atoms with Crippen LogP contribution in [0.15, 0.2) is 16.6 Å². The van der Waals surface area contributed by atoms with Crippen molar-refractivity contribution in [3.63, 3.8) is 0 Å². The van der Waals surface area contributed by atoms with E-state index in [-0.39, 0.29) is 5.78 Å². The van der Waals surface area contributed by atoms with E-state index in [1.165, 1.54) is 6.92 Å². The van der Waals surface area contributed by atoms with E-state index in [1.54, 1.807) is 19.2 Å². The zero-order valence-electron chi connectivity index (χ0n) is 7.23. The van der Waals surface area contributed by atoms with E-state index in [2.05, 4.69) is 15.9 Å². The highest BCUT2D eigenvalue weighted by Crippen LogP contribution is 2.31. The average molecular weight is 264 g/mol. The molecule has 0 bridgehead atoms. The minimum atomic E-state index is -0.0617. The van der Waals surface area contributed by atoms with Gasteiger partial charge in [0.05, 0.1) is 16.6 Å². The van der Waals surface area contributed by atoms with Crippen LogP contribution in [0, 0.1) is 0 Å². The number of benzene rings is 1. The molecule has 0 aliphatic rings. The van der Waals surface area contributed by atoms with Gasteiger partial charge in [0.2, 0.25) is 0 Å². The highest BCUT2D eigenvalue weighted by atomic mass is 79.9. The summed E-state index contributed by atoms with van der Waals surface area (Å²) in [5.74, 6) is 0.559. The highest BCUT2D eigenvalue weighted by Gasteiger charge is 2.10. The van der Waals surface area contributed by atoms with Gasteiger partial charge in [-0.15, -0.1) is 0 Å². The largest absolute Gasteiger partial charge is 0.496 e. The smallest absolute Gasteiger partial charge is 0.161 e. The minimum absolute atomic E-state index is 0.0617. The minimum Gasteiger partial charge on any atom is -0.496 e. The van der Waals surface area contributed by atoms with Crippen LogP contribution in [0.1, 0.15) is 17.3 Å². The van der Waals surface area contributed by atoms with E-state index in [1.807, 2.05) is 0 Å². The topological polar surface area (TPSA) is 26.3 Å². The normalized spacial score (nSPS) is 9.85. The molecule has 1 aromatic rings. The first kappa shape index (κ1) is 10.5. The maximum Gasteiger partial charge on any atom is 0.161 e. The molecule has 0 saturated carbocycles. The van der Waals surface area contributed by atoms with Crippen molar-refractivity contribution in [2.24, 2.45) is 0 Å². The molecule has 0 heterocycles. The monoisotopic (exact) mass is 262 g/mol. The molecule has 70 valence electrons. The summed E-state index contributed by atoms with van der Waals surface area (Å²) in [6, 6.07) is 3.27. The molecule has 0 amide bonds. The van der Waals surface area contributed by atoms with Crippen molar-refractivity contribution < 1.29 is 9.53 Å². The summed E-state index contributed by atoms with van der Waals surface area (Å²) in [5, 5.41) is 0.410. The number of hydrogen-bond donors (Lipinski definition) is 0. The van der Waals surface area contributed by atoms with Crippen molar-refractivity contribution in [1.82, 2.24) is 0 Å². The fourth-order valence-electron chi connectivity index (χ4n) is 0.955. The standard InChI is InChI=1S/C9H8BrClO2/c1-5(12)6-3-7(10)9(13-2)4-8(6)11/h3-4H,1-2H3. The molecule has 13 heavy (non-hydrogen) atoms. The average Bonchev–Trinajstić information content (AvgIpc) is 2.07. The molecular formula is C9H8BrClO2. The van der Waals surface area contributed by atoms with E-state index in [0.717, 1.165) is 4.47 Å². The Morgan fingerprint density at radius 2 is 2.15 bits per heavy atom. The maximum absolute atomic E-state index is 11.1. The Morgan fingerprint density at radius 1 is 1.54 bits per heavy atom. The molecule has 0 aliphatic carbocycles. The SMILES string of the molecule is COc1cc(Cl)c(C(C)=O)cc1Br. The molecule has 0 radical (unpaired) electrons. The van der Waals surface area contributed by atoms with Crippen LogP contribution in [0.5, 0.6) is 5.75 Å². The summed E-state index contributed by atoms with van der Waals surface area (Å²) >= 11 is 9.13. The molecule has 1 rings (SSSR count). The van der Waals surface area contributed by atoms with Crippen LogP contribution < -0.4 is 4.74 Å². The molecule has 0 aromatic heterocycles. The van der Waals surface area contributed by atoms with Crippen molar-refractivity contribution in [2.45, 2.75) is 6.92 Å². The van der Waals surface area contributed by atoms with Gasteiger partial charge in [0.25, 0.3) is 0 Å². The lowest BCUT2D eigenvalue weighted by Gasteiger charge is -2.06. The van der Waals surface area contributed by atoms with Crippen molar-refractivity contribution in [1.29, 1.82) is 0 Å². The molecule has 4 heteroatoms. The second-order valence-electron chi connectivity index (χ2n) is 2.52. The third-order valence-electron chi connectivity index (χ3n) is 1.62. The van der Waals surface area contributed by atoms with Crippen LogP contribution in [0.2, 0.25) is 5.02 Å². The Labute approximate surface area is 90.0 Å². The number of Topliss-reactive ketones (excluding diaryl/α,β-unsaturated/α-hetero) is 1. The number of halogens is 2. The predicted molar refractivity (Wildman–Crippen MR) is 55.7 cm³/mol. The lowest BCUT2D eigenvalue weighted by molar-refractivity contribution is 0.101. The van der Waals surface area contributed by atoms with Crippen LogP contribution in [0.3, 0.4) is 0 Å². The van der Waals surface area contributed by atoms with Crippen LogP contribution in [-0.2, 0) is 0 Å². The number of carbonyl (C=O) groups excluding carboxylic acids is 1. The quantitative estimate of drug-likeness (QED) is 0.765. The summed E-state index contributed by atoms with van der Waals surface area (Å²) in [7, 11) is 1.55. The Kier molecular flexibility index (Phi) is 3.33. The Bertz CT molecular complexity index is 350. The van der Waals surface area contributed by atoms with Crippen LogP contribution >= 0.6 is 27.5 Å². The lowest BCUT2D eigenvalue weighted by atomic mass is 10.1. The molecule has 0 fully saturated rings. The first-order chi connectivity index (χ1) is 6.06. The number of rotatable bonds is 2. The number of hydrogen-bond acceptors (Lipinski definition) is 2. The first-order valence-electron chi connectivity index (χ1n) is 3.60. The molecule has 0 N–H and O–H groups in total. The van der Waals surface area contributed by atoms with Gasteiger partial charge < -0.3 is 4.74 Å². The fourth-order valence-corrected chi connectivity index (χ4v) is 1.75.